The van der Waals surface area contributed by atoms with Gasteiger partial charge in [0.15, 0.2) is 5.82 Å². The van der Waals surface area contributed by atoms with E-state index in [1.807, 2.05) is 12.1 Å². The van der Waals surface area contributed by atoms with Crippen molar-refractivity contribution in [2.24, 2.45) is 0 Å². The van der Waals surface area contributed by atoms with Crippen molar-refractivity contribution in [2.75, 3.05) is 12.8 Å². The Morgan fingerprint density at radius 2 is 2.11 bits per heavy atom. The van der Waals surface area contributed by atoms with Crippen molar-refractivity contribution in [1.82, 2.24) is 9.78 Å². The highest BCUT2D eigenvalue weighted by Gasteiger charge is 2.06. The van der Waals surface area contributed by atoms with Gasteiger partial charge in [-0.05, 0) is 17.7 Å². The largest absolute Gasteiger partial charge is 0.465 e. The maximum Gasteiger partial charge on any atom is 0.337 e. The lowest BCUT2D eigenvalue weighted by atomic mass is 10.1. The number of esters is 1. The zero-order chi connectivity index (χ0) is 13.1. The first-order valence-electron chi connectivity index (χ1n) is 5.26. The van der Waals surface area contributed by atoms with Crippen LogP contribution in [-0.2, 0) is 11.3 Å². The van der Waals surface area contributed by atoms with Crippen molar-refractivity contribution in [3.05, 3.63) is 46.6 Å². The maximum absolute atomic E-state index is 11.3. The Labute approximate surface area is 109 Å². The summed E-state index contributed by atoms with van der Waals surface area (Å²) in [5.41, 5.74) is 7.05. The number of benzene rings is 1. The first-order chi connectivity index (χ1) is 8.60. The lowest BCUT2D eigenvalue weighted by Crippen LogP contribution is -2.03. The molecule has 0 saturated carbocycles. The van der Waals surface area contributed by atoms with E-state index in [1.165, 1.54) is 7.11 Å². The minimum atomic E-state index is -0.354. The van der Waals surface area contributed by atoms with Gasteiger partial charge in [-0.25, -0.2) is 4.79 Å². The first kappa shape index (κ1) is 12.4. The second-order valence-corrected chi connectivity index (χ2v) is 4.16. The molecular formula is C12H12ClN3O2. The number of anilines is 1. The number of halogens is 1. The number of methoxy groups -OCH3 is 1. The first-order valence-corrected chi connectivity index (χ1v) is 5.63. The van der Waals surface area contributed by atoms with Crippen LogP contribution in [0.5, 0.6) is 0 Å². The second kappa shape index (κ2) is 5.10. The lowest BCUT2D eigenvalue weighted by Gasteiger charge is -2.03. The summed E-state index contributed by atoms with van der Waals surface area (Å²) in [7, 11) is 1.35. The fourth-order valence-corrected chi connectivity index (χ4v) is 1.69. The van der Waals surface area contributed by atoms with Gasteiger partial charge in [-0.1, -0.05) is 23.7 Å². The number of aromatic nitrogens is 2. The molecule has 0 atom stereocenters. The zero-order valence-corrected chi connectivity index (χ0v) is 10.5. The van der Waals surface area contributed by atoms with E-state index in [4.69, 9.17) is 17.3 Å². The van der Waals surface area contributed by atoms with Crippen LogP contribution in [0.3, 0.4) is 0 Å². The van der Waals surface area contributed by atoms with Gasteiger partial charge in [-0.2, -0.15) is 5.10 Å². The molecule has 0 aliphatic heterocycles. The van der Waals surface area contributed by atoms with Gasteiger partial charge >= 0.3 is 5.97 Å². The predicted octanol–water partition coefficient (Wildman–Crippen LogP) is 1.95. The molecule has 94 valence electrons. The van der Waals surface area contributed by atoms with Gasteiger partial charge < -0.3 is 10.5 Å². The minimum absolute atomic E-state index is 0.308. The van der Waals surface area contributed by atoms with E-state index in [9.17, 15) is 4.79 Å². The van der Waals surface area contributed by atoms with Crippen molar-refractivity contribution in [3.8, 4) is 0 Å². The van der Waals surface area contributed by atoms with Gasteiger partial charge in [-0.15, -0.1) is 0 Å². The van der Waals surface area contributed by atoms with Crippen LogP contribution in [0.15, 0.2) is 30.5 Å². The van der Waals surface area contributed by atoms with Crippen LogP contribution in [0.2, 0.25) is 5.02 Å². The maximum atomic E-state index is 11.3. The highest BCUT2D eigenvalue weighted by Crippen LogP contribution is 2.16. The molecule has 0 unspecified atom stereocenters. The standard InChI is InChI=1S/C12H12ClN3O2/c1-18-12(17)9-4-2-8(3-5-9)6-16-7-10(13)11(14)15-16/h2-5,7H,6H2,1H3,(H2,14,15). The van der Waals surface area contributed by atoms with Crippen LogP contribution in [0.1, 0.15) is 15.9 Å². The number of nitrogens with zero attached hydrogens (tertiary/aromatic N) is 2. The number of hydrogen-bond donors (Lipinski definition) is 1. The number of carbonyl (C=O) groups excluding carboxylic acids is 1. The normalized spacial score (nSPS) is 10.3. The fraction of sp³-hybridized carbons (Fsp3) is 0.167. The van der Waals surface area contributed by atoms with E-state index in [1.54, 1.807) is 23.0 Å². The van der Waals surface area contributed by atoms with E-state index < -0.39 is 0 Å². The number of ether oxygens (including phenoxy) is 1. The smallest absolute Gasteiger partial charge is 0.337 e. The quantitative estimate of drug-likeness (QED) is 0.861. The Kier molecular flexibility index (Phi) is 3.53. The molecule has 2 aromatic rings. The molecule has 6 heteroatoms. The zero-order valence-electron chi connectivity index (χ0n) is 9.76. The van der Waals surface area contributed by atoms with Crippen molar-refractivity contribution in [2.45, 2.75) is 6.54 Å². The highest BCUT2D eigenvalue weighted by molar-refractivity contribution is 6.32. The van der Waals surface area contributed by atoms with Crippen LogP contribution < -0.4 is 5.73 Å². The lowest BCUT2D eigenvalue weighted by molar-refractivity contribution is 0.0600. The van der Waals surface area contributed by atoms with Crippen LogP contribution in [0, 0.1) is 0 Å². The van der Waals surface area contributed by atoms with E-state index in [-0.39, 0.29) is 5.97 Å². The monoisotopic (exact) mass is 265 g/mol. The highest BCUT2D eigenvalue weighted by atomic mass is 35.5. The summed E-state index contributed by atoms with van der Waals surface area (Å²) in [4.78, 5) is 11.3. The summed E-state index contributed by atoms with van der Waals surface area (Å²) in [6.45, 7) is 0.540. The third kappa shape index (κ3) is 2.62. The van der Waals surface area contributed by atoms with E-state index in [2.05, 4.69) is 9.84 Å². The molecule has 1 aromatic heterocycles. The molecule has 1 aromatic carbocycles. The molecule has 0 saturated heterocycles. The van der Waals surface area contributed by atoms with Crippen LogP contribution in [0.4, 0.5) is 5.82 Å². The third-order valence-electron chi connectivity index (χ3n) is 2.46. The van der Waals surface area contributed by atoms with Gasteiger partial charge in [0.1, 0.15) is 5.02 Å². The Morgan fingerprint density at radius 3 is 2.61 bits per heavy atom. The van der Waals surface area contributed by atoms with Gasteiger partial charge in [0, 0.05) is 6.20 Å². The van der Waals surface area contributed by atoms with Crippen molar-refractivity contribution in [1.29, 1.82) is 0 Å². The predicted molar refractivity (Wildman–Crippen MR) is 68.5 cm³/mol. The molecule has 18 heavy (non-hydrogen) atoms. The van der Waals surface area contributed by atoms with E-state index in [0.29, 0.717) is 22.9 Å². The van der Waals surface area contributed by atoms with Gasteiger partial charge in [0.05, 0.1) is 19.2 Å². The van der Waals surface area contributed by atoms with Crippen LogP contribution in [-0.4, -0.2) is 22.9 Å². The number of hydrogen-bond acceptors (Lipinski definition) is 4. The summed E-state index contributed by atoms with van der Waals surface area (Å²) >= 11 is 5.81. The average molecular weight is 266 g/mol. The molecule has 0 fully saturated rings. The van der Waals surface area contributed by atoms with E-state index in [0.717, 1.165) is 5.56 Å². The van der Waals surface area contributed by atoms with E-state index >= 15 is 0 Å². The summed E-state index contributed by atoms with van der Waals surface area (Å²) in [5.74, 6) is -0.0456. The molecule has 0 bridgehead atoms. The Hall–Kier alpha value is -2.01. The molecule has 0 amide bonds. The van der Waals surface area contributed by atoms with Crippen molar-refractivity contribution < 1.29 is 9.53 Å². The van der Waals surface area contributed by atoms with Crippen molar-refractivity contribution in [3.63, 3.8) is 0 Å². The summed E-state index contributed by atoms with van der Waals surface area (Å²) in [6.07, 6.45) is 1.66. The van der Waals surface area contributed by atoms with Crippen LogP contribution in [0.25, 0.3) is 0 Å². The molecule has 2 rings (SSSR count). The van der Waals surface area contributed by atoms with Gasteiger partial charge in [-0.3, -0.25) is 4.68 Å². The third-order valence-corrected chi connectivity index (χ3v) is 2.75. The number of rotatable bonds is 3. The summed E-state index contributed by atoms with van der Waals surface area (Å²) < 4.78 is 6.27. The summed E-state index contributed by atoms with van der Waals surface area (Å²) in [5, 5.41) is 4.48. The molecule has 1 heterocycles. The topological polar surface area (TPSA) is 70.1 Å². The number of nitrogens with two attached hydrogens (primary N) is 1. The van der Waals surface area contributed by atoms with Crippen molar-refractivity contribution >= 4 is 23.4 Å². The summed E-state index contributed by atoms with van der Waals surface area (Å²) in [6, 6.07) is 7.07. The Morgan fingerprint density at radius 1 is 1.44 bits per heavy atom. The fourth-order valence-electron chi connectivity index (χ4n) is 1.54. The average Bonchev–Trinajstić information content (AvgIpc) is 2.68. The number of carbonyl (C=O) groups is 1. The molecular weight excluding hydrogens is 254 g/mol. The molecule has 2 N–H and O–H groups in total. The van der Waals surface area contributed by atoms with Gasteiger partial charge in [0.2, 0.25) is 0 Å². The molecule has 5 nitrogen and oxygen atoms in total. The second-order valence-electron chi connectivity index (χ2n) is 3.75. The SMILES string of the molecule is COC(=O)c1ccc(Cn2cc(Cl)c(N)n2)cc1. The molecule has 0 aliphatic rings. The molecule has 0 spiro atoms. The Balaban J connectivity index is 2.13. The van der Waals surface area contributed by atoms with Crippen LogP contribution >= 0.6 is 11.6 Å². The minimum Gasteiger partial charge on any atom is -0.465 e. The van der Waals surface area contributed by atoms with Gasteiger partial charge in [0.25, 0.3) is 0 Å². The molecule has 0 radical (unpaired) electrons. The Bertz CT molecular complexity index is 544. The number of nitrogen functional groups attached to an aromatic ring is 1. The molecule has 0 aliphatic carbocycles.